The van der Waals surface area contributed by atoms with E-state index in [9.17, 15) is 4.79 Å². The van der Waals surface area contributed by atoms with Crippen molar-refractivity contribution in [2.75, 3.05) is 6.61 Å². The Bertz CT molecular complexity index is 630. The predicted molar refractivity (Wildman–Crippen MR) is 75.0 cm³/mol. The summed E-state index contributed by atoms with van der Waals surface area (Å²) < 4.78 is 6.70. The van der Waals surface area contributed by atoms with Crippen molar-refractivity contribution in [2.24, 2.45) is 0 Å². The highest BCUT2D eigenvalue weighted by Crippen LogP contribution is 2.23. The minimum atomic E-state index is -0.515. The van der Waals surface area contributed by atoms with Crippen LogP contribution in [-0.4, -0.2) is 27.3 Å². The zero-order valence-electron chi connectivity index (χ0n) is 9.73. The van der Waals surface area contributed by atoms with E-state index < -0.39 is 5.97 Å². The molecule has 100 valence electrons. The lowest BCUT2D eigenvalue weighted by Crippen LogP contribution is -2.13. The Hall–Kier alpha value is -1.11. The zero-order valence-corrected chi connectivity index (χ0v) is 12.8. The van der Waals surface area contributed by atoms with Gasteiger partial charge in [0, 0.05) is 6.07 Å². The second-order valence-corrected chi connectivity index (χ2v) is 5.03. The first-order valence-corrected chi connectivity index (χ1v) is 6.83. The first-order valence-electron chi connectivity index (χ1n) is 5.28. The Labute approximate surface area is 127 Å². The number of aromatic nitrogens is 3. The molecule has 0 aromatic carbocycles. The van der Waals surface area contributed by atoms with Gasteiger partial charge in [0.2, 0.25) is 0 Å². The number of carbonyl (C=O) groups excluding carboxylic acids is 1. The molecule has 0 N–H and O–H groups in total. The molecular weight excluding hydrogens is 357 g/mol. The fraction of sp³-hybridized carbons (Fsp3) is 0.182. The number of ether oxygens (including phenoxy) is 1. The van der Waals surface area contributed by atoms with E-state index in [4.69, 9.17) is 27.9 Å². The molecule has 2 heterocycles. The summed E-state index contributed by atoms with van der Waals surface area (Å²) in [5, 5.41) is 4.69. The van der Waals surface area contributed by atoms with Crippen molar-refractivity contribution in [3.8, 4) is 5.82 Å². The normalized spacial score (nSPS) is 10.5. The van der Waals surface area contributed by atoms with Crippen LogP contribution in [0.2, 0.25) is 10.2 Å². The zero-order chi connectivity index (χ0) is 14.0. The molecule has 19 heavy (non-hydrogen) atoms. The summed E-state index contributed by atoms with van der Waals surface area (Å²) in [5.74, 6) is -0.249. The van der Waals surface area contributed by atoms with Crippen molar-refractivity contribution < 1.29 is 9.53 Å². The topological polar surface area (TPSA) is 57.0 Å². The number of nitrogens with zero attached hydrogens (tertiary/aromatic N) is 3. The van der Waals surface area contributed by atoms with Crippen LogP contribution in [-0.2, 0) is 4.74 Å². The Balaban J connectivity index is 2.56. The van der Waals surface area contributed by atoms with Gasteiger partial charge in [0.15, 0.2) is 11.5 Å². The number of esters is 1. The van der Waals surface area contributed by atoms with E-state index in [1.54, 1.807) is 19.1 Å². The molecule has 0 radical (unpaired) electrons. The lowest BCUT2D eigenvalue weighted by atomic mass is 10.4. The first kappa shape index (κ1) is 14.3. The molecule has 8 heteroatoms. The first-order chi connectivity index (χ1) is 9.02. The quantitative estimate of drug-likeness (QED) is 0.617. The molecule has 0 saturated heterocycles. The standard InChI is InChI=1S/C11H8BrCl2N3O2/c1-2-19-11(18)7-5-8(12)16-17(7)10-6(13)3-4-9(14)15-10/h3-5H,2H2,1H3. The number of hydrogen-bond donors (Lipinski definition) is 0. The van der Waals surface area contributed by atoms with Gasteiger partial charge in [0.25, 0.3) is 0 Å². The van der Waals surface area contributed by atoms with E-state index in [0.717, 1.165) is 0 Å². The van der Waals surface area contributed by atoms with Crippen molar-refractivity contribution in [1.82, 2.24) is 14.8 Å². The van der Waals surface area contributed by atoms with Gasteiger partial charge in [0.05, 0.1) is 11.6 Å². The molecule has 0 unspecified atom stereocenters. The predicted octanol–water partition coefficient (Wildman–Crippen LogP) is 3.51. The van der Waals surface area contributed by atoms with Crippen LogP contribution in [0.25, 0.3) is 5.82 Å². The van der Waals surface area contributed by atoms with E-state index in [1.165, 1.54) is 10.7 Å². The number of pyridine rings is 1. The summed E-state index contributed by atoms with van der Waals surface area (Å²) in [6.45, 7) is 1.98. The van der Waals surface area contributed by atoms with E-state index >= 15 is 0 Å². The molecule has 0 aliphatic heterocycles. The van der Waals surface area contributed by atoms with E-state index in [1.807, 2.05) is 0 Å². The molecule has 0 bridgehead atoms. The average molecular weight is 365 g/mol. The molecule has 0 fully saturated rings. The van der Waals surface area contributed by atoms with Crippen LogP contribution in [0.1, 0.15) is 17.4 Å². The van der Waals surface area contributed by atoms with E-state index in [2.05, 4.69) is 26.0 Å². The van der Waals surface area contributed by atoms with Gasteiger partial charge in [-0.25, -0.2) is 14.5 Å². The second-order valence-electron chi connectivity index (χ2n) is 3.42. The fourth-order valence-electron chi connectivity index (χ4n) is 1.42. The van der Waals surface area contributed by atoms with Gasteiger partial charge in [-0.2, -0.15) is 5.10 Å². The van der Waals surface area contributed by atoms with Crippen molar-refractivity contribution in [2.45, 2.75) is 6.92 Å². The maximum Gasteiger partial charge on any atom is 0.357 e. The Morgan fingerprint density at radius 1 is 1.47 bits per heavy atom. The van der Waals surface area contributed by atoms with Crippen molar-refractivity contribution in [3.05, 3.63) is 38.7 Å². The van der Waals surface area contributed by atoms with Crippen LogP contribution < -0.4 is 0 Å². The van der Waals surface area contributed by atoms with Gasteiger partial charge in [-0.15, -0.1) is 0 Å². The molecular formula is C11H8BrCl2N3O2. The van der Waals surface area contributed by atoms with E-state index in [0.29, 0.717) is 9.63 Å². The lowest BCUT2D eigenvalue weighted by Gasteiger charge is -2.07. The van der Waals surface area contributed by atoms with Gasteiger partial charge in [0.1, 0.15) is 9.76 Å². The molecule has 2 rings (SSSR count). The minimum absolute atomic E-state index is 0.213. The van der Waals surface area contributed by atoms with Gasteiger partial charge in [-0.05, 0) is 35.0 Å². The number of carbonyl (C=O) groups is 1. The minimum Gasteiger partial charge on any atom is -0.461 e. The number of rotatable bonds is 3. The average Bonchev–Trinajstić information content (AvgIpc) is 2.75. The van der Waals surface area contributed by atoms with Gasteiger partial charge < -0.3 is 4.74 Å². The summed E-state index contributed by atoms with van der Waals surface area (Å²) in [7, 11) is 0. The van der Waals surface area contributed by atoms with Crippen LogP contribution in [0.5, 0.6) is 0 Å². The molecule has 0 spiro atoms. The van der Waals surface area contributed by atoms with Crippen LogP contribution in [0.15, 0.2) is 22.8 Å². The summed E-state index contributed by atoms with van der Waals surface area (Å²) in [5.41, 5.74) is 0.213. The molecule has 0 amide bonds. The largest absolute Gasteiger partial charge is 0.461 e. The molecule has 0 atom stereocenters. The maximum absolute atomic E-state index is 11.8. The third-order valence-electron chi connectivity index (χ3n) is 2.16. The second kappa shape index (κ2) is 5.90. The summed E-state index contributed by atoms with van der Waals surface area (Å²) in [6, 6.07) is 4.66. The summed E-state index contributed by atoms with van der Waals surface area (Å²) >= 11 is 15.1. The van der Waals surface area contributed by atoms with Crippen LogP contribution in [0.4, 0.5) is 0 Å². The summed E-state index contributed by atoms with van der Waals surface area (Å²) in [4.78, 5) is 15.9. The maximum atomic E-state index is 11.8. The van der Waals surface area contributed by atoms with Gasteiger partial charge in [-0.3, -0.25) is 0 Å². The summed E-state index contributed by atoms with van der Waals surface area (Å²) in [6.07, 6.45) is 0. The Morgan fingerprint density at radius 3 is 2.89 bits per heavy atom. The van der Waals surface area contributed by atoms with Crippen molar-refractivity contribution >= 4 is 45.1 Å². The van der Waals surface area contributed by atoms with Crippen molar-refractivity contribution in [1.29, 1.82) is 0 Å². The van der Waals surface area contributed by atoms with E-state index in [-0.39, 0.29) is 23.3 Å². The molecule has 0 aliphatic rings. The molecule has 5 nitrogen and oxygen atoms in total. The molecule has 2 aromatic rings. The monoisotopic (exact) mass is 363 g/mol. The highest BCUT2D eigenvalue weighted by atomic mass is 79.9. The highest BCUT2D eigenvalue weighted by Gasteiger charge is 2.19. The Kier molecular flexibility index (Phi) is 4.44. The molecule has 0 saturated carbocycles. The van der Waals surface area contributed by atoms with Gasteiger partial charge >= 0.3 is 5.97 Å². The van der Waals surface area contributed by atoms with Crippen LogP contribution in [0.3, 0.4) is 0 Å². The Morgan fingerprint density at radius 2 is 2.21 bits per heavy atom. The van der Waals surface area contributed by atoms with Crippen LogP contribution in [0, 0.1) is 0 Å². The van der Waals surface area contributed by atoms with Gasteiger partial charge in [-0.1, -0.05) is 23.2 Å². The SMILES string of the molecule is CCOC(=O)c1cc(Br)nn1-c1nc(Cl)ccc1Cl. The fourth-order valence-corrected chi connectivity index (χ4v) is 2.12. The van der Waals surface area contributed by atoms with Crippen LogP contribution >= 0.6 is 39.1 Å². The third kappa shape index (κ3) is 3.08. The molecule has 0 aliphatic carbocycles. The van der Waals surface area contributed by atoms with Crippen molar-refractivity contribution in [3.63, 3.8) is 0 Å². The highest BCUT2D eigenvalue weighted by molar-refractivity contribution is 9.10. The third-order valence-corrected chi connectivity index (χ3v) is 3.05. The lowest BCUT2D eigenvalue weighted by molar-refractivity contribution is 0.0515. The molecule has 2 aromatic heterocycles. The smallest absolute Gasteiger partial charge is 0.357 e. The number of hydrogen-bond acceptors (Lipinski definition) is 4. The number of halogens is 3.